The summed E-state index contributed by atoms with van der Waals surface area (Å²) in [6.07, 6.45) is 7.91. The Morgan fingerprint density at radius 1 is 1.07 bits per heavy atom. The molecule has 0 aliphatic rings. The monoisotopic (exact) mass is 197 g/mol. The fraction of sp³-hybridized carbons (Fsp3) is 0.846. The molecule has 1 heteroatoms. The maximum atomic E-state index is 3.92. The van der Waals surface area contributed by atoms with Crippen LogP contribution in [0.2, 0.25) is 0 Å². The number of nitrogens with zero attached hydrogens (tertiary/aromatic N) is 1. The molecule has 0 unspecified atom stereocenters. The van der Waals surface area contributed by atoms with Gasteiger partial charge in [-0.1, -0.05) is 31.8 Å². The molecule has 0 aromatic heterocycles. The van der Waals surface area contributed by atoms with Crippen LogP contribution in [0.3, 0.4) is 0 Å². The maximum Gasteiger partial charge on any atom is -0.00187 e. The summed E-state index contributed by atoms with van der Waals surface area (Å²) in [7, 11) is 2.23. The van der Waals surface area contributed by atoms with Gasteiger partial charge in [0.1, 0.15) is 0 Å². The van der Waals surface area contributed by atoms with Gasteiger partial charge in [-0.15, -0.1) is 6.58 Å². The van der Waals surface area contributed by atoms with Crippen molar-refractivity contribution in [3.63, 3.8) is 0 Å². The highest BCUT2D eigenvalue weighted by Gasteiger charge is 1.97. The maximum absolute atomic E-state index is 3.92. The first-order valence-corrected chi connectivity index (χ1v) is 5.99. The Bertz CT molecular complexity index is 140. The number of allylic oxidation sites excluding steroid dienone is 1. The standard InChI is InChI=1S/C13H27N/c1-5-6-7-8-11-14(4)12-9-10-13(2)3/h2,5-12H2,1,3-4H3. The quantitative estimate of drug-likeness (QED) is 0.401. The third-order valence-electron chi connectivity index (χ3n) is 2.54. The molecule has 0 aliphatic heterocycles. The van der Waals surface area contributed by atoms with Gasteiger partial charge in [0.15, 0.2) is 0 Å². The molecule has 0 aromatic carbocycles. The predicted molar refractivity (Wildman–Crippen MR) is 65.7 cm³/mol. The number of hydrogen-bond donors (Lipinski definition) is 0. The van der Waals surface area contributed by atoms with Gasteiger partial charge in [0.05, 0.1) is 0 Å². The first-order valence-electron chi connectivity index (χ1n) is 5.99. The van der Waals surface area contributed by atoms with Crippen molar-refractivity contribution in [2.24, 2.45) is 0 Å². The highest BCUT2D eigenvalue weighted by molar-refractivity contribution is 4.87. The molecule has 14 heavy (non-hydrogen) atoms. The fourth-order valence-corrected chi connectivity index (χ4v) is 1.57. The molecule has 1 nitrogen and oxygen atoms in total. The van der Waals surface area contributed by atoms with E-state index in [1.54, 1.807) is 0 Å². The normalized spacial score (nSPS) is 10.9. The Morgan fingerprint density at radius 2 is 1.71 bits per heavy atom. The minimum Gasteiger partial charge on any atom is -0.306 e. The Hall–Kier alpha value is -0.300. The summed E-state index contributed by atoms with van der Waals surface area (Å²) in [5.74, 6) is 0. The molecule has 0 atom stereocenters. The molecule has 0 N–H and O–H groups in total. The van der Waals surface area contributed by atoms with Crippen molar-refractivity contribution in [2.45, 2.75) is 52.4 Å². The van der Waals surface area contributed by atoms with Crippen LogP contribution in [-0.2, 0) is 0 Å². The molecule has 0 radical (unpaired) electrons. The van der Waals surface area contributed by atoms with Gasteiger partial charge < -0.3 is 4.90 Å². The lowest BCUT2D eigenvalue weighted by Gasteiger charge is -2.16. The lowest BCUT2D eigenvalue weighted by atomic mass is 10.1. The third-order valence-corrected chi connectivity index (χ3v) is 2.54. The summed E-state index contributed by atoms with van der Waals surface area (Å²) in [4.78, 5) is 2.44. The van der Waals surface area contributed by atoms with Gasteiger partial charge in [0.2, 0.25) is 0 Å². The summed E-state index contributed by atoms with van der Waals surface area (Å²) in [5, 5.41) is 0. The van der Waals surface area contributed by atoms with E-state index in [-0.39, 0.29) is 0 Å². The third kappa shape index (κ3) is 9.79. The minimum atomic E-state index is 1.18. The van der Waals surface area contributed by atoms with Crippen molar-refractivity contribution < 1.29 is 0 Å². The lowest BCUT2D eigenvalue weighted by Crippen LogP contribution is -2.20. The Kier molecular flexibility index (Phi) is 9.06. The van der Waals surface area contributed by atoms with Gasteiger partial charge >= 0.3 is 0 Å². The van der Waals surface area contributed by atoms with E-state index in [0.717, 1.165) is 0 Å². The second-order valence-corrected chi connectivity index (χ2v) is 4.42. The van der Waals surface area contributed by atoms with E-state index in [0.29, 0.717) is 0 Å². The van der Waals surface area contributed by atoms with E-state index in [2.05, 4.69) is 32.4 Å². The molecule has 0 bridgehead atoms. The molecule has 0 heterocycles. The van der Waals surface area contributed by atoms with E-state index in [1.165, 1.54) is 57.2 Å². The number of rotatable bonds is 9. The van der Waals surface area contributed by atoms with E-state index in [1.807, 2.05) is 0 Å². The van der Waals surface area contributed by atoms with Crippen molar-refractivity contribution in [2.75, 3.05) is 20.1 Å². The molecule has 0 saturated carbocycles. The molecule has 0 rings (SSSR count). The second-order valence-electron chi connectivity index (χ2n) is 4.42. The summed E-state index contributed by atoms with van der Waals surface area (Å²) < 4.78 is 0. The summed E-state index contributed by atoms with van der Waals surface area (Å²) in [6.45, 7) is 10.8. The van der Waals surface area contributed by atoms with Gasteiger partial charge in [-0.2, -0.15) is 0 Å². The second kappa shape index (κ2) is 9.26. The molecule has 0 aromatic rings. The Morgan fingerprint density at radius 3 is 2.29 bits per heavy atom. The predicted octanol–water partition coefficient (Wildman–Crippen LogP) is 3.85. The van der Waals surface area contributed by atoms with Gasteiger partial charge in [0, 0.05) is 0 Å². The molecule has 0 fully saturated rings. The number of unbranched alkanes of at least 4 members (excludes halogenated alkanes) is 3. The number of hydrogen-bond acceptors (Lipinski definition) is 1. The van der Waals surface area contributed by atoms with Crippen LogP contribution in [0.4, 0.5) is 0 Å². The van der Waals surface area contributed by atoms with Gasteiger partial charge in [-0.3, -0.25) is 0 Å². The summed E-state index contributed by atoms with van der Waals surface area (Å²) in [5.41, 5.74) is 1.31. The molecule has 84 valence electrons. The van der Waals surface area contributed by atoms with E-state index >= 15 is 0 Å². The summed E-state index contributed by atoms with van der Waals surface area (Å²) in [6, 6.07) is 0. The van der Waals surface area contributed by atoms with E-state index < -0.39 is 0 Å². The smallest absolute Gasteiger partial charge is 0.00187 e. The van der Waals surface area contributed by atoms with Crippen LogP contribution in [0.1, 0.15) is 52.4 Å². The lowest BCUT2D eigenvalue weighted by molar-refractivity contribution is 0.320. The van der Waals surface area contributed by atoms with Gasteiger partial charge in [-0.05, 0) is 46.3 Å². The highest BCUT2D eigenvalue weighted by Crippen LogP contribution is 2.03. The van der Waals surface area contributed by atoms with Crippen LogP contribution in [0.15, 0.2) is 12.2 Å². The average Bonchev–Trinajstić information content (AvgIpc) is 2.12. The molecular weight excluding hydrogens is 170 g/mol. The van der Waals surface area contributed by atoms with Crippen LogP contribution in [-0.4, -0.2) is 25.0 Å². The zero-order chi connectivity index (χ0) is 10.8. The highest BCUT2D eigenvalue weighted by atomic mass is 15.1. The van der Waals surface area contributed by atoms with Crippen LogP contribution < -0.4 is 0 Å². The van der Waals surface area contributed by atoms with Crippen molar-refractivity contribution in [1.82, 2.24) is 4.90 Å². The van der Waals surface area contributed by atoms with Crippen LogP contribution in [0.5, 0.6) is 0 Å². The molecule has 0 saturated heterocycles. The molecule has 0 spiro atoms. The summed E-state index contributed by atoms with van der Waals surface area (Å²) >= 11 is 0. The molecule has 0 aliphatic carbocycles. The SMILES string of the molecule is C=C(C)CCCN(C)CCCCCC. The first-order chi connectivity index (χ1) is 6.66. The van der Waals surface area contributed by atoms with E-state index in [4.69, 9.17) is 0 Å². The molecular formula is C13H27N. The Balaban J connectivity index is 3.19. The van der Waals surface area contributed by atoms with Crippen molar-refractivity contribution in [3.8, 4) is 0 Å². The molecule has 0 amide bonds. The van der Waals surface area contributed by atoms with Crippen LogP contribution >= 0.6 is 0 Å². The van der Waals surface area contributed by atoms with Gasteiger partial charge in [0.25, 0.3) is 0 Å². The zero-order valence-electron chi connectivity index (χ0n) is 10.3. The Labute approximate surface area is 90.2 Å². The van der Waals surface area contributed by atoms with Crippen molar-refractivity contribution >= 4 is 0 Å². The van der Waals surface area contributed by atoms with E-state index in [9.17, 15) is 0 Å². The average molecular weight is 197 g/mol. The van der Waals surface area contributed by atoms with Crippen molar-refractivity contribution in [1.29, 1.82) is 0 Å². The topological polar surface area (TPSA) is 3.24 Å². The zero-order valence-corrected chi connectivity index (χ0v) is 10.3. The van der Waals surface area contributed by atoms with Crippen LogP contribution in [0, 0.1) is 0 Å². The van der Waals surface area contributed by atoms with Crippen LogP contribution in [0.25, 0.3) is 0 Å². The largest absolute Gasteiger partial charge is 0.306 e. The van der Waals surface area contributed by atoms with Gasteiger partial charge in [-0.25, -0.2) is 0 Å². The first kappa shape index (κ1) is 13.7. The minimum absolute atomic E-state index is 1.18. The fourth-order valence-electron chi connectivity index (χ4n) is 1.57. The van der Waals surface area contributed by atoms with Crippen molar-refractivity contribution in [3.05, 3.63) is 12.2 Å².